The summed E-state index contributed by atoms with van der Waals surface area (Å²) in [6, 6.07) is 0. The number of alkyl halides is 1. The maximum atomic E-state index is 11.5. The van der Waals surface area contributed by atoms with Gasteiger partial charge >= 0.3 is 0 Å². The summed E-state index contributed by atoms with van der Waals surface area (Å²) in [5, 5.41) is 2.81. The van der Waals surface area contributed by atoms with Crippen LogP contribution in [0.1, 0.15) is 27.7 Å². The zero-order chi connectivity index (χ0) is 10.5. The molecule has 0 unspecified atom stereocenters. The van der Waals surface area contributed by atoms with Crippen molar-refractivity contribution in [1.29, 1.82) is 0 Å². The van der Waals surface area contributed by atoms with E-state index in [-0.39, 0.29) is 5.91 Å². The zero-order valence-corrected chi connectivity index (χ0v) is 9.53. The Hall–Kier alpha value is -0.500. The van der Waals surface area contributed by atoms with Crippen molar-refractivity contribution >= 4 is 17.5 Å². The average Bonchev–Trinajstić information content (AvgIpc) is 2.03. The highest BCUT2D eigenvalue weighted by atomic mass is 35.5. The first-order chi connectivity index (χ1) is 5.90. The molecule has 0 spiro atoms. The van der Waals surface area contributed by atoms with Gasteiger partial charge in [0, 0.05) is 12.4 Å². The summed E-state index contributed by atoms with van der Waals surface area (Å²) in [6.07, 6.45) is 1.97. The van der Waals surface area contributed by atoms with Crippen LogP contribution < -0.4 is 5.32 Å². The molecule has 0 fully saturated rings. The largest absolute Gasteiger partial charge is 0.352 e. The summed E-state index contributed by atoms with van der Waals surface area (Å²) in [5.74, 6) is 0.341. The van der Waals surface area contributed by atoms with E-state index >= 15 is 0 Å². The molecule has 1 N–H and O–H groups in total. The number of hydrogen-bond donors (Lipinski definition) is 1. The molecule has 76 valence electrons. The van der Waals surface area contributed by atoms with Crippen LogP contribution in [0, 0.1) is 5.41 Å². The summed E-state index contributed by atoms with van der Waals surface area (Å²) < 4.78 is 0. The molecule has 1 amide bonds. The fourth-order valence-corrected chi connectivity index (χ4v) is 0.769. The first kappa shape index (κ1) is 12.5. The molecular formula is C10H18ClNO. The van der Waals surface area contributed by atoms with Gasteiger partial charge in [0.25, 0.3) is 0 Å². The van der Waals surface area contributed by atoms with Gasteiger partial charge in [-0.05, 0) is 27.7 Å². The van der Waals surface area contributed by atoms with Crippen LogP contribution >= 0.6 is 11.6 Å². The Morgan fingerprint density at radius 3 is 2.38 bits per heavy atom. The predicted molar refractivity (Wildman–Crippen MR) is 56.9 cm³/mol. The second-order valence-electron chi connectivity index (χ2n) is 4.01. The van der Waals surface area contributed by atoms with Gasteiger partial charge in [-0.25, -0.2) is 0 Å². The summed E-state index contributed by atoms with van der Waals surface area (Å²) in [4.78, 5) is 11.5. The number of carbonyl (C=O) groups excluding carboxylic acids is 1. The molecule has 0 aromatic rings. The van der Waals surface area contributed by atoms with Crippen LogP contribution in [-0.4, -0.2) is 18.3 Å². The Morgan fingerprint density at radius 2 is 2.00 bits per heavy atom. The van der Waals surface area contributed by atoms with Crippen LogP contribution in [0.5, 0.6) is 0 Å². The molecule has 0 saturated heterocycles. The minimum Gasteiger partial charge on any atom is -0.352 e. The monoisotopic (exact) mass is 203 g/mol. The van der Waals surface area contributed by atoms with Gasteiger partial charge in [-0.15, -0.1) is 11.6 Å². The third kappa shape index (κ3) is 4.94. The highest BCUT2D eigenvalue weighted by Gasteiger charge is 2.25. The Bertz CT molecular complexity index is 205. The predicted octanol–water partition coefficient (Wildman–Crippen LogP) is 2.33. The van der Waals surface area contributed by atoms with E-state index in [1.807, 2.05) is 33.8 Å². The number of halogens is 1. The van der Waals surface area contributed by atoms with Crippen LogP contribution in [0.4, 0.5) is 0 Å². The molecule has 0 aliphatic heterocycles. The number of allylic oxidation sites excluding steroid dienone is 1. The molecule has 0 aromatic heterocycles. The lowest BCUT2D eigenvalue weighted by Gasteiger charge is -2.19. The lowest BCUT2D eigenvalue weighted by molar-refractivity contribution is -0.128. The third-order valence-electron chi connectivity index (χ3n) is 1.72. The number of nitrogens with one attached hydrogen (secondary N) is 1. The van der Waals surface area contributed by atoms with Gasteiger partial charge in [0.2, 0.25) is 5.91 Å². The maximum absolute atomic E-state index is 11.5. The van der Waals surface area contributed by atoms with Gasteiger partial charge in [0.15, 0.2) is 0 Å². The van der Waals surface area contributed by atoms with E-state index in [4.69, 9.17) is 11.6 Å². The molecule has 0 rings (SSSR count). The van der Waals surface area contributed by atoms with Crippen molar-refractivity contribution in [3.63, 3.8) is 0 Å². The van der Waals surface area contributed by atoms with Crippen molar-refractivity contribution in [1.82, 2.24) is 5.32 Å². The Labute approximate surface area is 85.3 Å². The van der Waals surface area contributed by atoms with E-state index in [1.165, 1.54) is 5.57 Å². The summed E-state index contributed by atoms with van der Waals surface area (Å²) in [7, 11) is 0. The Morgan fingerprint density at radius 1 is 1.46 bits per heavy atom. The Kier molecular flexibility index (Phi) is 5.07. The third-order valence-corrected chi connectivity index (χ3v) is 2.39. The molecule has 3 heteroatoms. The van der Waals surface area contributed by atoms with Gasteiger partial charge in [-0.1, -0.05) is 11.6 Å². The van der Waals surface area contributed by atoms with Crippen LogP contribution in [0.15, 0.2) is 11.6 Å². The van der Waals surface area contributed by atoms with Gasteiger partial charge in [-0.3, -0.25) is 4.79 Å². The van der Waals surface area contributed by atoms with E-state index in [2.05, 4.69) is 5.32 Å². The van der Waals surface area contributed by atoms with Crippen molar-refractivity contribution in [3.8, 4) is 0 Å². The Balaban J connectivity index is 3.95. The van der Waals surface area contributed by atoms with E-state index in [0.29, 0.717) is 12.4 Å². The molecule has 0 bridgehead atoms. The van der Waals surface area contributed by atoms with E-state index < -0.39 is 5.41 Å². The second kappa shape index (κ2) is 5.28. The smallest absolute Gasteiger partial charge is 0.227 e. The van der Waals surface area contributed by atoms with Crippen molar-refractivity contribution in [3.05, 3.63) is 11.6 Å². The lowest BCUT2D eigenvalue weighted by atomic mass is 9.95. The summed E-state index contributed by atoms with van der Waals surface area (Å²) in [5.41, 5.74) is 0.723. The van der Waals surface area contributed by atoms with Crippen LogP contribution in [0.3, 0.4) is 0 Å². The van der Waals surface area contributed by atoms with Gasteiger partial charge in [-0.2, -0.15) is 0 Å². The molecule has 13 heavy (non-hydrogen) atoms. The van der Waals surface area contributed by atoms with Crippen LogP contribution in [0.25, 0.3) is 0 Å². The van der Waals surface area contributed by atoms with Gasteiger partial charge < -0.3 is 5.32 Å². The van der Waals surface area contributed by atoms with Crippen LogP contribution in [-0.2, 0) is 4.79 Å². The van der Waals surface area contributed by atoms with Gasteiger partial charge in [0.05, 0.1) is 5.41 Å². The highest BCUT2D eigenvalue weighted by Crippen LogP contribution is 2.16. The van der Waals surface area contributed by atoms with E-state index in [1.54, 1.807) is 0 Å². The average molecular weight is 204 g/mol. The maximum Gasteiger partial charge on any atom is 0.227 e. The lowest BCUT2D eigenvalue weighted by Crippen LogP contribution is -2.38. The molecule has 0 aromatic carbocycles. The molecule has 0 saturated carbocycles. The summed E-state index contributed by atoms with van der Waals surface area (Å²) in [6.45, 7) is 8.24. The van der Waals surface area contributed by atoms with Crippen LogP contribution in [0.2, 0.25) is 0 Å². The molecular weight excluding hydrogens is 186 g/mol. The molecule has 0 aliphatic carbocycles. The minimum atomic E-state index is -0.475. The van der Waals surface area contributed by atoms with Crippen molar-refractivity contribution in [2.24, 2.45) is 5.41 Å². The topological polar surface area (TPSA) is 29.1 Å². The number of hydrogen-bond acceptors (Lipinski definition) is 1. The number of carbonyl (C=O) groups is 1. The molecule has 0 aliphatic rings. The fraction of sp³-hybridized carbons (Fsp3) is 0.700. The van der Waals surface area contributed by atoms with E-state index in [9.17, 15) is 4.79 Å². The van der Waals surface area contributed by atoms with Crippen molar-refractivity contribution in [2.45, 2.75) is 27.7 Å². The van der Waals surface area contributed by atoms with Crippen molar-refractivity contribution < 1.29 is 4.79 Å². The second-order valence-corrected chi connectivity index (χ2v) is 4.28. The molecule has 0 radical (unpaired) electrons. The number of amides is 1. The standard InChI is InChI=1S/C10H18ClNO/c1-8(2)5-6-12-9(13)10(3,4)7-11/h5H,6-7H2,1-4H3,(H,12,13). The fourth-order valence-electron chi connectivity index (χ4n) is 0.648. The van der Waals surface area contributed by atoms with Gasteiger partial charge in [0.1, 0.15) is 0 Å². The number of rotatable bonds is 4. The molecule has 2 nitrogen and oxygen atoms in total. The van der Waals surface area contributed by atoms with E-state index in [0.717, 1.165) is 0 Å². The van der Waals surface area contributed by atoms with Crippen molar-refractivity contribution in [2.75, 3.05) is 12.4 Å². The summed E-state index contributed by atoms with van der Waals surface area (Å²) >= 11 is 5.65. The molecule has 0 atom stereocenters. The normalized spacial score (nSPS) is 10.8. The SMILES string of the molecule is CC(C)=CCNC(=O)C(C)(C)CCl. The zero-order valence-electron chi connectivity index (χ0n) is 8.78. The first-order valence-corrected chi connectivity index (χ1v) is 4.91. The highest BCUT2D eigenvalue weighted by molar-refractivity contribution is 6.19. The minimum absolute atomic E-state index is 0.000000000000000444. The quantitative estimate of drug-likeness (QED) is 0.552. The molecule has 0 heterocycles. The first-order valence-electron chi connectivity index (χ1n) is 4.38.